The fourth-order valence-corrected chi connectivity index (χ4v) is 5.29. The molecule has 0 amide bonds. The van der Waals surface area contributed by atoms with Crippen LogP contribution in [0.15, 0.2) is 89.8 Å². The molecule has 0 spiro atoms. The lowest BCUT2D eigenvalue weighted by molar-refractivity contribution is -0.243. The van der Waals surface area contributed by atoms with Crippen molar-refractivity contribution in [2.24, 2.45) is 0 Å². The van der Waals surface area contributed by atoms with Gasteiger partial charge in [-0.2, -0.15) is 0 Å². The quantitative estimate of drug-likeness (QED) is 0.332. The number of ether oxygens (including phenoxy) is 5. The molecule has 0 saturated carbocycles. The average Bonchev–Trinajstić information content (AvgIpc) is 2.93. The van der Waals surface area contributed by atoms with E-state index in [1.807, 2.05) is 91.9 Å². The van der Waals surface area contributed by atoms with Crippen LogP contribution in [0.4, 0.5) is 0 Å². The van der Waals surface area contributed by atoms with Crippen LogP contribution in [-0.4, -0.2) is 48.9 Å². The molecule has 8 heteroatoms. The first kappa shape index (κ1) is 27.9. The lowest BCUT2D eigenvalue weighted by Gasteiger charge is -2.44. The molecule has 0 aliphatic carbocycles. The fourth-order valence-electron chi connectivity index (χ4n) is 4.18. The minimum Gasteiger partial charge on any atom is -0.467 e. The highest BCUT2D eigenvalue weighted by atomic mass is 32.2. The number of carbonyl (C=O) groups excluding carboxylic acids is 2. The maximum atomic E-state index is 12.9. The number of rotatable bonds is 10. The van der Waals surface area contributed by atoms with E-state index in [9.17, 15) is 9.59 Å². The van der Waals surface area contributed by atoms with Crippen LogP contribution >= 0.6 is 11.8 Å². The second-order valence-electron chi connectivity index (χ2n) is 8.98. The Morgan fingerprint density at radius 3 is 1.87 bits per heavy atom. The third-order valence-corrected chi connectivity index (χ3v) is 7.23. The summed E-state index contributed by atoms with van der Waals surface area (Å²) in [4.78, 5) is 25.9. The zero-order valence-corrected chi connectivity index (χ0v) is 22.5. The largest absolute Gasteiger partial charge is 0.467 e. The molecule has 1 aliphatic rings. The van der Waals surface area contributed by atoms with Crippen LogP contribution in [0.3, 0.4) is 0 Å². The van der Waals surface area contributed by atoms with Gasteiger partial charge in [0.15, 0.2) is 12.2 Å². The molecule has 0 bridgehead atoms. The van der Waals surface area contributed by atoms with Gasteiger partial charge in [0, 0.05) is 11.8 Å². The number of carbonyl (C=O) groups is 2. The maximum Gasteiger partial charge on any atom is 0.339 e. The molecular formula is C30H32O7S. The molecular weight excluding hydrogens is 504 g/mol. The summed E-state index contributed by atoms with van der Waals surface area (Å²) in [5.41, 5.74) is 2.37. The molecule has 3 aromatic rings. The Balaban J connectivity index is 1.69. The van der Waals surface area contributed by atoms with Crippen molar-refractivity contribution in [1.29, 1.82) is 0 Å². The summed E-state index contributed by atoms with van der Waals surface area (Å²) in [6.45, 7) is 3.81. The van der Waals surface area contributed by atoms with Crippen molar-refractivity contribution in [3.8, 4) is 0 Å². The number of hydrogen-bond acceptors (Lipinski definition) is 8. The number of aryl methyl sites for hydroxylation is 1. The fraction of sp³-hybridized carbons (Fsp3) is 0.333. The van der Waals surface area contributed by atoms with Crippen molar-refractivity contribution in [3.05, 3.63) is 102 Å². The zero-order valence-electron chi connectivity index (χ0n) is 21.6. The highest BCUT2D eigenvalue weighted by molar-refractivity contribution is 7.99. The maximum absolute atomic E-state index is 12.9. The highest BCUT2D eigenvalue weighted by Crippen LogP contribution is 2.38. The van der Waals surface area contributed by atoms with Gasteiger partial charge in [0.2, 0.25) is 0 Å². The molecule has 3 aromatic carbocycles. The third-order valence-electron chi connectivity index (χ3n) is 6.07. The van der Waals surface area contributed by atoms with Gasteiger partial charge in [0.25, 0.3) is 0 Å². The molecule has 1 heterocycles. The smallest absolute Gasteiger partial charge is 0.339 e. The first-order chi connectivity index (χ1) is 18.4. The van der Waals surface area contributed by atoms with E-state index in [1.54, 1.807) is 0 Å². The van der Waals surface area contributed by atoms with Crippen molar-refractivity contribution < 1.29 is 33.3 Å². The summed E-state index contributed by atoms with van der Waals surface area (Å²) < 4.78 is 29.8. The van der Waals surface area contributed by atoms with Gasteiger partial charge in [-0.15, -0.1) is 0 Å². The number of hydrogen-bond donors (Lipinski definition) is 0. The van der Waals surface area contributed by atoms with Crippen LogP contribution < -0.4 is 0 Å². The van der Waals surface area contributed by atoms with E-state index < -0.39 is 41.8 Å². The van der Waals surface area contributed by atoms with Crippen molar-refractivity contribution in [2.75, 3.05) is 7.11 Å². The van der Waals surface area contributed by atoms with Crippen LogP contribution in [0.1, 0.15) is 23.6 Å². The molecule has 0 aromatic heterocycles. The zero-order chi connectivity index (χ0) is 26.9. The molecule has 1 fully saturated rings. The van der Waals surface area contributed by atoms with E-state index >= 15 is 0 Å². The minimum absolute atomic E-state index is 0.226. The SMILES string of the molecule is COC(=O)[C@H]1O[C@H](Sc2ccc(C)cc2)[C@@H](OCc2ccccc2)[C@@H](OCc2ccccc2)[C@@H]1OC(C)=O. The Bertz CT molecular complexity index is 1170. The molecule has 200 valence electrons. The molecule has 38 heavy (non-hydrogen) atoms. The standard InChI is InChI=1S/C30H32O7S/c1-20-14-16-24(17-15-20)38-30-28(35-19-23-12-8-5-9-13-23)25(34-18-22-10-6-4-7-11-22)26(36-21(2)31)27(37-30)29(32)33-3/h4-17,25-28,30H,18-19H2,1-3H3/t25-,26-,27-,28-,30+/m0/s1. The summed E-state index contributed by atoms with van der Waals surface area (Å²) in [7, 11) is 1.27. The minimum atomic E-state index is -1.19. The highest BCUT2D eigenvalue weighted by Gasteiger charge is 2.52. The Labute approximate surface area is 227 Å². The average molecular weight is 537 g/mol. The normalized spacial score (nSPS) is 23.0. The number of thioether (sulfide) groups is 1. The third kappa shape index (κ3) is 7.45. The van der Waals surface area contributed by atoms with Crippen LogP contribution in [0.5, 0.6) is 0 Å². The first-order valence-corrected chi connectivity index (χ1v) is 13.3. The van der Waals surface area contributed by atoms with Gasteiger partial charge in [-0.05, 0) is 30.2 Å². The van der Waals surface area contributed by atoms with Crippen LogP contribution in [0.2, 0.25) is 0 Å². The second kappa shape index (κ2) is 13.6. The summed E-state index contributed by atoms with van der Waals surface area (Å²) in [6, 6.07) is 27.4. The Kier molecular flexibility index (Phi) is 9.95. The predicted molar refractivity (Wildman–Crippen MR) is 143 cm³/mol. The second-order valence-corrected chi connectivity index (χ2v) is 10.1. The predicted octanol–water partition coefficient (Wildman–Crippen LogP) is 5.09. The summed E-state index contributed by atoms with van der Waals surface area (Å²) >= 11 is 1.42. The van der Waals surface area contributed by atoms with E-state index in [1.165, 1.54) is 25.8 Å². The van der Waals surface area contributed by atoms with Crippen molar-refractivity contribution in [2.45, 2.75) is 61.8 Å². The number of esters is 2. The molecule has 7 nitrogen and oxygen atoms in total. The van der Waals surface area contributed by atoms with Crippen molar-refractivity contribution >= 4 is 23.7 Å². The first-order valence-electron chi connectivity index (χ1n) is 12.4. The van der Waals surface area contributed by atoms with E-state index in [0.717, 1.165) is 21.6 Å². The van der Waals surface area contributed by atoms with E-state index in [4.69, 9.17) is 23.7 Å². The van der Waals surface area contributed by atoms with E-state index in [-0.39, 0.29) is 13.2 Å². The molecule has 5 atom stereocenters. The number of methoxy groups -OCH3 is 1. The molecule has 0 radical (unpaired) electrons. The lowest BCUT2D eigenvalue weighted by atomic mass is 9.98. The van der Waals surface area contributed by atoms with Gasteiger partial charge >= 0.3 is 11.9 Å². The van der Waals surface area contributed by atoms with Crippen LogP contribution in [-0.2, 0) is 46.5 Å². The Hall–Kier alpha value is -3.17. The molecule has 1 saturated heterocycles. The molecule has 0 unspecified atom stereocenters. The van der Waals surface area contributed by atoms with E-state index in [2.05, 4.69) is 0 Å². The molecule has 0 N–H and O–H groups in total. The topological polar surface area (TPSA) is 80.3 Å². The van der Waals surface area contributed by atoms with Crippen LogP contribution in [0.25, 0.3) is 0 Å². The van der Waals surface area contributed by atoms with Crippen LogP contribution in [0, 0.1) is 6.92 Å². The Morgan fingerprint density at radius 1 is 0.789 bits per heavy atom. The summed E-state index contributed by atoms with van der Waals surface area (Å²) in [5.74, 6) is -1.21. The van der Waals surface area contributed by atoms with Gasteiger partial charge in [-0.1, -0.05) is 90.1 Å². The molecule has 4 rings (SSSR count). The van der Waals surface area contributed by atoms with Crippen molar-refractivity contribution in [1.82, 2.24) is 0 Å². The lowest BCUT2D eigenvalue weighted by Crippen LogP contribution is -2.61. The molecule has 1 aliphatic heterocycles. The Morgan fingerprint density at radius 2 is 1.34 bits per heavy atom. The number of benzene rings is 3. The van der Waals surface area contributed by atoms with Gasteiger partial charge in [0.1, 0.15) is 17.6 Å². The van der Waals surface area contributed by atoms with Gasteiger partial charge in [-0.25, -0.2) is 4.79 Å². The van der Waals surface area contributed by atoms with Gasteiger partial charge in [-0.3, -0.25) is 4.79 Å². The van der Waals surface area contributed by atoms with Crippen molar-refractivity contribution in [3.63, 3.8) is 0 Å². The monoisotopic (exact) mass is 536 g/mol. The summed E-state index contributed by atoms with van der Waals surface area (Å²) in [5, 5.41) is 0. The van der Waals surface area contributed by atoms with Gasteiger partial charge < -0.3 is 23.7 Å². The van der Waals surface area contributed by atoms with E-state index in [0.29, 0.717) is 0 Å². The summed E-state index contributed by atoms with van der Waals surface area (Å²) in [6.07, 6.45) is -3.76. The van der Waals surface area contributed by atoms with Gasteiger partial charge in [0.05, 0.1) is 20.3 Å².